The Morgan fingerprint density at radius 2 is 2.21 bits per heavy atom. The van der Waals surface area contributed by atoms with Gasteiger partial charge in [-0.1, -0.05) is 37.4 Å². The molecule has 0 saturated heterocycles. The first kappa shape index (κ1) is 17.9. The van der Waals surface area contributed by atoms with Gasteiger partial charge in [0.25, 0.3) is 0 Å². The number of rotatable bonds is 7. The van der Waals surface area contributed by atoms with Gasteiger partial charge in [0.1, 0.15) is 0 Å². The lowest BCUT2D eigenvalue weighted by molar-refractivity contribution is 0.774. The number of allylic oxidation sites excluding steroid dienone is 1. The summed E-state index contributed by atoms with van der Waals surface area (Å²) in [4.78, 5) is 8.34. The van der Waals surface area contributed by atoms with Crippen LogP contribution in [0.5, 0.6) is 0 Å². The van der Waals surface area contributed by atoms with E-state index in [9.17, 15) is 0 Å². The third-order valence-corrected chi connectivity index (χ3v) is 4.07. The average molecular weight is 341 g/mol. The maximum Gasteiger partial charge on any atom is 0.0946 e. The summed E-state index contributed by atoms with van der Waals surface area (Å²) >= 11 is 6.19. The standard InChI is InChI=1S/C19H21ClN4/c1-5-16(23-6-2)9-14-7-8-15(20)10-17(14)13(3)19(21)18-11-22-12-24(18)4/h5-8,10-12,19H,1-3,9,21H2,4H3. The van der Waals surface area contributed by atoms with Gasteiger partial charge in [-0.2, -0.15) is 0 Å². The van der Waals surface area contributed by atoms with E-state index in [1.54, 1.807) is 18.6 Å². The van der Waals surface area contributed by atoms with E-state index in [0.29, 0.717) is 11.4 Å². The molecule has 2 aromatic rings. The van der Waals surface area contributed by atoms with E-state index in [2.05, 4.69) is 29.7 Å². The number of hydrogen-bond donors (Lipinski definition) is 1. The number of imidazole rings is 1. The van der Waals surface area contributed by atoms with Crippen LogP contribution in [0.4, 0.5) is 0 Å². The van der Waals surface area contributed by atoms with Crippen LogP contribution in [-0.4, -0.2) is 15.3 Å². The SMILES string of the molecule is C=CN=C(C=C)Cc1ccc(Cl)cc1C(=C)C(N)c1cncn1C. The molecule has 1 unspecified atom stereocenters. The Bertz CT molecular complexity index is 801. The average Bonchev–Trinajstić information content (AvgIpc) is 3.00. The van der Waals surface area contributed by atoms with Gasteiger partial charge in [-0.15, -0.1) is 0 Å². The van der Waals surface area contributed by atoms with Gasteiger partial charge < -0.3 is 10.3 Å². The Morgan fingerprint density at radius 1 is 1.46 bits per heavy atom. The monoisotopic (exact) mass is 340 g/mol. The van der Waals surface area contributed by atoms with Gasteiger partial charge >= 0.3 is 0 Å². The van der Waals surface area contributed by atoms with Crippen molar-refractivity contribution >= 4 is 22.9 Å². The van der Waals surface area contributed by atoms with Crippen molar-refractivity contribution in [1.82, 2.24) is 9.55 Å². The normalized spacial score (nSPS) is 12.7. The molecular formula is C19H21ClN4. The highest BCUT2D eigenvalue weighted by atomic mass is 35.5. The van der Waals surface area contributed by atoms with Crippen LogP contribution in [0.3, 0.4) is 0 Å². The topological polar surface area (TPSA) is 56.2 Å². The number of aryl methyl sites for hydroxylation is 1. The fourth-order valence-electron chi connectivity index (χ4n) is 2.50. The molecule has 1 aromatic heterocycles. The Balaban J connectivity index is 2.41. The second kappa shape index (κ2) is 7.90. The third-order valence-electron chi connectivity index (χ3n) is 3.83. The molecule has 0 aliphatic carbocycles. The summed E-state index contributed by atoms with van der Waals surface area (Å²) in [7, 11) is 1.90. The molecule has 1 aromatic carbocycles. The molecule has 2 rings (SSSR count). The maximum atomic E-state index is 6.39. The minimum absolute atomic E-state index is 0.377. The smallest absolute Gasteiger partial charge is 0.0946 e. The number of benzene rings is 1. The van der Waals surface area contributed by atoms with Crippen LogP contribution >= 0.6 is 11.6 Å². The Labute approximate surface area is 147 Å². The molecule has 1 atom stereocenters. The maximum absolute atomic E-state index is 6.39. The predicted octanol–water partition coefficient (Wildman–Crippen LogP) is 4.10. The fourth-order valence-corrected chi connectivity index (χ4v) is 2.67. The largest absolute Gasteiger partial charge is 0.336 e. The van der Waals surface area contributed by atoms with Gasteiger partial charge in [-0.25, -0.2) is 4.98 Å². The van der Waals surface area contributed by atoms with E-state index in [0.717, 1.165) is 28.1 Å². The van der Waals surface area contributed by atoms with Gasteiger partial charge in [-0.3, -0.25) is 4.99 Å². The summed E-state index contributed by atoms with van der Waals surface area (Å²) in [5.41, 5.74) is 10.8. The Morgan fingerprint density at radius 3 is 2.79 bits per heavy atom. The summed E-state index contributed by atoms with van der Waals surface area (Å²) in [6.45, 7) is 11.6. The summed E-state index contributed by atoms with van der Waals surface area (Å²) in [6, 6.07) is 5.31. The van der Waals surface area contributed by atoms with Crippen molar-refractivity contribution in [3.05, 3.63) is 84.6 Å². The minimum atomic E-state index is -0.377. The number of aromatic nitrogens is 2. The number of nitrogens with two attached hydrogens (primary N) is 1. The second-order valence-electron chi connectivity index (χ2n) is 5.42. The van der Waals surface area contributed by atoms with Gasteiger partial charge in [0.2, 0.25) is 0 Å². The molecular weight excluding hydrogens is 320 g/mol. The van der Waals surface area contributed by atoms with Crippen LogP contribution in [0.1, 0.15) is 22.9 Å². The van der Waals surface area contributed by atoms with Crippen LogP contribution in [0.15, 0.2) is 67.7 Å². The van der Waals surface area contributed by atoms with Gasteiger partial charge in [0.15, 0.2) is 0 Å². The minimum Gasteiger partial charge on any atom is -0.336 e. The fraction of sp³-hybridized carbons (Fsp3) is 0.158. The summed E-state index contributed by atoms with van der Waals surface area (Å²) in [5.74, 6) is 0. The predicted molar refractivity (Wildman–Crippen MR) is 102 cm³/mol. The lowest BCUT2D eigenvalue weighted by Gasteiger charge is -2.19. The van der Waals surface area contributed by atoms with Crippen molar-refractivity contribution in [3.63, 3.8) is 0 Å². The molecule has 0 amide bonds. The molecule has 0 bridgehead atoms. The van der Waals surface area contributed by atoms with Crippen molar-refractivity contribution < 1.29 is 0 Å². The van der Waals surface area contributed by atoms with Gasteiger partial charge in [0, 0.05) is 30.4 Å². The molecule has 1 heterocycles. The summed E-state index contributed by atoms with van der Waals surface area (Å²) < 4.78 is 1.88. The zero-order valence-corrected chi connectivity index (χ0v) is 14.5. The van der Waals surface area contributed by atoms with Crippen molar-refractivity contribution in [1.29, 1.82) is 0 Å². The van der Waals surface area contributed by atoms with Crippen LogP contribution in [0.2, 0.25) is 5.02 Å². The molecule has 0 radical (unpaired) electrons. The van der Waals surface area contributed by atoms with Gasteiger partial charge in [-0.05, 0) is 34.9 Å². The first-order chi connectivity index (χ1) is 11.5. The molecule has 0 saturated carbocycles. The number of aliphatic imine (C=N–C) groups is 1. The van der Waals surface area contributed by atoms with Crippen LogP contribution in [0, 0.1) is 0 Å². The second-order valence-corrected chi connectivity index (χ2v) is 5.85. The summed E-state index contributed by atoms with van der Waals surface area (Å²) in [5, 5.41) is 0.632. The zero-order valence-electron chi connectivity index (χ0n) is 13.7. The molecule has 4 nitrogen and oxygen atoms in total. The molecule has 2 N–H and O–H groups in total. The van der Waals surface area contributed by atoms with Crippen molar-refractivity contribution in [2.75, 3.05) is 0 Å². The Kier molecular flexibility index (Phi) is 5.90. The molecule has 124 valence electrons. The van der Waals surface area contributed by atoms with Crippen LogP contribution < -0.4 is 5.73 Å². The van der Waals surface area contributed by atoms with E-state index in [4.69, 9.17) is 17.3 Å². The van der Waals surface area contributed by atoms with E-state index < -0.39 is 0 Å². The number of nitrogens with zero attached hydrogens (tertiary/aromatic N) is 3. The summed E-state index contributed by atoms with van der Waals surface area (Å²) in [6.07, 6.45) is 7.27. The van der Waals surface area contributed by atoms with E-state index in [-0.39, 0.29) is 6.04 Å². The lowest BCUT2D eigenvalue weighted by Crippen LogP contribution is -2.16. The van der Waals surface area contributed by atoms with E-state index in [1.807, 2.05) is 29.8 Å². The van der Waals surface area contributed by atoms with Crippen molar-refractivity contribution in [2.24, 2.45) is 17.8 Å². The highest BCUT2D eigenvalue weighted by molar-refractivity contribution is 6.30. The van der Waals surface area contributed by atoms with Crippen molar-refractivity contribution in [3.8, 4) is 0 Å². The molecule has 24 heavy (non-hydrogen) atoms. The third kappa shape index (κ3) is 3.91. The lowest BCUT2D eigenvalue weighted by atomic mass is 9.92. The van der Waals surface area contributed by atoms with E-state index in [1.165, 1.54) is 6.20 Å². The number of hydrogen-bond acceptors (Lipinski definition) is 3. The van der Waals surface area contributed by atoms with E-state index >= 15 is 0 Å². The molecule has 0 fully saturated rings. The zero-order chi connectivity index (χ0) is 17.7. The van der Waals surface area contributed by atoms with Crippen LogP contribution in [-0.2, 0) is 13.5 Å². The molecule has 0 aliphatic rings. The molecule has 0 spiro atoms. The van der Waals surface area contributed by atoms with Crippen molar-refractivity contribution in [2.45, 2.75) is 12.5 Å². The first-order valence-corrected chi connectivity index (χ1v) is 7.85. The molecule has 5 heteroatoms. The first-order valence-electron chi connectivity index (χ1n) is 7.47. The Hall–Kier alpha value is -2.43. The quantitative estimate of drug-likeness (QED) is 0.771. The molecule has 0 aliphatic heterocycles. The highest BCUT2D eigenvalue weighted by Gasteiger charge is 2.18. The highest BCUT2D eigenvalue weighted by Crippen LogP contribution is 2.31. The number of halogens is 1. The van der Waals surface area contributed by atoms with Gasteiger partial charge in [0.05, 0.1) is 24.3 Å². The van der Waals surface area contributed by atoms with Crippen LogP contribution in [0.25, 0.3) is 5.57 Å².